The molecule has 1 aliphatic rings. The fourth-order valence-corrected chi connectivity index (χ4v) is 4.47. The minimum atomic E-state index is -0.589. The number of likely N-dealkylation sites (tertiary alicyclic amines) is 1. The summed E-state index contributed by atoms with van der Waals surface area (Å²) in [5, 5.41) is 3.57. The van der Waals surface area contributed by atoms with Crippen LogP contribution in [-0.4, -0.2) is 40.5 Å². The fourth-order valence-electron chi connectivity index (χ4n) is 4.15. The number of ether oxygens (including phenoxy) is 1. The molecule has 0 aliphatic carbocycles. The van der Waals surface area contributed by atoms with Gasteiger partial charge in [-0.3, -0.25) is 9.69 Å². The number of nitrogens with zero attached hydrogens (tertiary/aromatic N) is 2. The minimum absolute atomic E-state index is 0.00653. The second-order valence-corrected chi connectivity index (χ2v) is 10.00. The van der Waals surface area contributed by atoms with Crippen molar-refractivity contribution in [2.75, 3.05) is 13.2 Å². The van der Waals surface area contributed by atoms with Crippen molar-refractivity contribution in [1.82, 2.24) is 15.2 Å². The van der Waals surface area contributed by atoms with E-state index in [-0.39, 0.29) is 40.9 Å². The molecule has 1 saturated heterocycles. The Morgan fingerprint density at radius 1 is 1.24 bits per heavy atom. The van der Waals surface area contributed by atoms with Gasteiger partial charge in [0.25, 0.3) is 5.91 Å². The van der Waals surface area contributed by atoms with Crippen LogP contribution < -0.4 is 10.1 Å². The highest BCUT2D eigenvalue weighted by Gasteiger charge is 2.38. The number of hydrogen-bond donors (Lipinski definition) is 1. The first-order valence-corrected chi connectivity index (χ1v) is 11.6. The first kappa shape index (κ1) is 23.8. The molecule has 2 aromatic carbocycles. The number of amides is 1. The van der Waals surface area contributed by atoms with Crippen LogP contribution in [0.5, 0.6) is 5.75 Å². The standard InChI is InChI=1S/C24H26Cl2FN3O3/c1-24(2,3)30-12-14(28-21(31)13-32-15-8-9-16(25)18(27)11-15)7-10-20(30)23-29-19-6-4-5-17(26)22(19)33-23/h4-6,8-9,11,14,20H,7,10,12-13H2,1-3H3,(H,28,31)/t14-,20+/m0/s1. The third-order valence-electron chi connectivity index (χ3n) is 5.74. The summed E-state index contributed by atoms with van der Waals surface area (Å²) in [5.74, 6) is 0.0260. The molecule has 1 amide bonds. The minimum Gasteiger partial charge on any atom is -0.484 e. The van der Waals surface area contributed by atoms with Crippen molar-refractivity contribution in [3.05, 3.63) is 58.2 Å². The number of benzene rings is 2. The Morgan fingerprint density at radius 2 is 2.03 bits per heavy atom. The van der Waals surface area contributed by atoms with Crippen molar-refractivity contribution >= 4 is 40.2 Å². The number of nitrogens with one attached hydrogen (secondary N) is 1. The second-order valence-electron chi connectivity index (χ2n) is 9.19. The number of piperidine rings is 1. The summed E-state index contributed by atoms with van der Waals surface area (Å²) in [4.78, 5) is 19.4. The van der Waals surface area contributed by atoms with Crippen LogP contribution in [0.1, 0.15) is 45.5 Å². The summed E-state index contributed by atoms with van der Waals surface area (Å²) in [6.45, 7) is 6.79. The zero-order chi connectivity index (χ0) is 23.8. The first-order valence-electron chi connectivity index (χ1n) is 10.8. The molecule has 3 aromatic rings. The average Bonchev–Trinajstić information content (AvgIpc) is 3.19. The third kappa shape index (κ3) is 5.42. The summed E-state index contributed by atoms with van der Waals surface area (Å²) in [5.41, 5.74) is 1.14. The van der Waals surface area contributed by atoms with Crippen molar-refractivity contribution in [2.24, 2.45) is 0 Å². The molecule has 4 rings (SSSR count). The van der Waals surface area contributed by atoms with Gasteiger partial charge in [0.15, 0.2) is 12.2 Å². The Kier molecular flexibility index (Phi) is 6.84. The second kappa shape index (κ2) is 9.49. The van der Waals surface area contributed by atoms with Gasteiger partial charge in [-0.05, 0) is 57.9 Å². The van der Waals surface area contributed by atoms with E-state index in [1.807, 2.05) is 12.1 Å². The van der Waals surface area contributed by atoms with E-state index in [1.54, 1.807) is 6.07 Å². The number of rotatable bonds is 5. The number of oxazole rings is 1. The van der Waals surface area contributed by atoms with Crippen molar-refractivity contribution < 1.29 is 18.3 Å². The van der Waals surface area contributed by atoms with Crippen LogP contribution in [0.4, 0.5) is 4.39 Å². The molecule has 0 unspecified atom stereocenters. The van der Waals surface area contributed by atoms with E-state index in [0.29, 0.717) is 23.0 Å². The smallest absolute Gasteiger partial charge is 0.258 e. The number of halogens is 3. The van der Waals surface area contributed by atoms with Gasteiger partial charge in [0.1, 0.15) is 17.1 Å². The predicted octanol–water partition coefficient (Wildman–Crippen LogP) is 5.77. The lowest BCUT2D eigenvalue weighted by atomic mass is 9.92. The quantitative estimate of drug-likeness (QED) is 0.488. The van der Waals surface area contributed by atoms with Gasteiger partial charge in [0.05, 0.1) is 16.1 Å². The lowest BCUT2D eigenvalue weighted by Crippen LogP contribution is -2.55. The van der Waals surface area contributed by atoms with Gasteiger partial charge in [-0.1, -0.05) is 29.3 Å². The van der Waals surface area contributed by atoms with Crippen LogP contribution in [0.25, 0.3) is 11.1 Å². The van der Waals surface area contributed by atoms with Crippen molar-refractivity contribution in [2.45, 2.75) is 51.2 Å². The van der Waals surface area contributed by atoms with E-state index in [1.165, 1.54) is 12.1 Å². The van der Waals surface area contributed by atoms with E-state index >= 15 is 0 Å². The molecule has 2 atom stereocenters. The number of hydrogen-bond acceptors (Lipinski definition) is 5. The number of aromatic nitrogens is 1. The first-order chi connectivity index (χ1) is 15.6. The van der Waals surface area contributed by atoms with Crippen molar-refractivity contribution in [1.29, 1.82) is 0 Å². The summed E-state index contributed by atoms with van der Waals surface area (Å²) < 4.78 is 25.0. The maximum absolute atomic E-state index is 13.6. The van der Waals surface area contributed by atoms with Crippen LogP contribution in [0, 0.1) is 5.82 Å². The molecule has 1 aliphatic heterocycles. The Hall–Kier alpha value is -2.35. The highest BCUT2D eigenvalue weighted by molar-refractivity contribution is 6.34. The van der Waals surface area contributed by atoms with Crippen molar-refractivity contribution in [3.63, 3.8) is 0 Å². The summed E-state index contributed by atoms with van der Waals surface area (Å²) in [6.07, 6.45) is 1.51. The molecule has 0 radical (unpaired) electrons. The molecule has 1 fully saturated rings. The normalized spacial score (nSPS) is 19.6. The molecule has 33 heavy (non-hydrogen) atoms. The number of carbonyl (C=O) groups is 1. The lowest BCUT2D eigenvalue weighted by molar-refractivity contribution is -0.124. The summed E-state index contributed by atoms with van der Waals surface area (Å²) in [6, 6.07) is 9.51. The highest BCUT2D eigenvalue weighted by atomic mass is 35.5. The van der Waals surface area contributed by atoms with Gasteiger partial charge >= 0.3 is 0 Å². The van der Waals surface area contributed by atoms with Gasteiger partial charge in [0, 0.05) is 24.2 Å². The summed E-state index contributed by atoms with van der Waals surface area (Å²) in [7, 11) is 0. The molecule has 2 heterocycles. The number of carbonyl (C=O) groups excluding carboxylic acids is 1. The average molecular weight is 494 g/mol. The molecule has 1 aromatic heterocycles. The largest absolute Gasteiger partial charge is 0.484 e. The van der Waals surface area contributed by atoms with Crippen LogP contribution >= 0.6 is 23.2 Å². The number of para-hydroxylation sites is 1. The molecule has 6 nitrogen and oxygen atoms in total. The van der Waals surface area contributed by atoms with Gasteiger partial charge in [-0.25, -0.2) is 9.37 Å². The lowest BCUT2D eigenvalue weighted by Gasteiger charge is -2.46. The molecule has 9 heteroatoms. The molecule has 176 valence electrons. The van der Waals surface area contributed by atoms with E-state index in [2.05, 4.69) is 36.0 Å². The van der Waals surface area contributed by atoms with Crippen LogP contribution in [0.3, 0.4) is 0 Å². The Morgan fingerprint density at radius 3 is 2.73 bits per heavy atom. The molecular formula is C24H26Cl2FN3O3. The Balaban J connectivity index is 1.42. The van der Waals surface area contributed by atoms with E-state index in [0.717, 1.165) is 24.4 Å². The van der Waals surface area contributed by atoms with Crippen LogP contribution in [-0.2, 0) is 4.79 Å². The van der Waals surface area contributed by atoms with Gasteiger partial charge in [-0.15, -0.1) is 0 Å². The molecule has 0 saturated carbocycles. The Bertz CT molecular complexity index is 1160. The van der Waals surface area contributed by atoms with Gasteiger partial charge < -0.3 is 14.5 Å². The molecular weight excluding hydrogens is 468 g/mol. The Labute approximate surface area is 202 Å². The number of fused-ring (bicyclic) bond motifs is 1. The van der Waals surface area contributed by atoms with E-state index in [4.69, 9.17) is 32.4 Å². The maximum atomic E-state index is 13.6. The van der Waals surface area contributed by atoms with Gasteiger partial charge in [0.2, 0.25) is 5.89 Å². The third-order valence-corrected chi connectivity index (χ3v) is 6.34. The van der Waals surface area contributed by atoms with Gasteiger partial charge in [-0.2, -0.15) is 0 Å². The molecule has 0 spiro atoms. The van der Waals surface area contributed by atoms with E-state index in [9.17, 15) is 9.18 Å². The van der Waals surface area contributed by atoms with E-state index < -0.39 is 5.82 Å². The SMILES string of the molecule is CC(C)(C)N1C[C@@H](NC(=O)COc2ccc(Cl)c(F)c2)CC[C@@H]1c1nc2cccc(Cl)c2o1. The zero-order valence-electron chi connectivity index (χ0n) is 18.7. The summed E-state index contributed by atoms with van der Waals surface area (Å²) >= 11 is 11.9. The molecule has 0 bridgehead atoms. The van der Waals surface area contributed by atoms with Crippen molar-refractivity contribution in [3.8, 4) is 5.75 Å². The fraction of sp³-hybridized carbons (Fsp3) is 0.417. The highest BCUT2D eigenvalue weighted by Crippen LogP contribution is 2.38. The zero-order valence-corrected chi connectivity index (χ0v) is 20.2. The monoisotopic (exact) mass is 493 g/mol. The molecule has 1 N–H and O–H groups in total. The van der Waals surface area contributed by atoms with Crippen LogP contribution in [0.2, 0.25) is 10.0 Å². The maximum Gasteiger partial charge on any atom is 0.258 e. The van der Waals surface area contributed by atoms with Crippen LogP contribution in [0.15, 0.2) is 40.8 Å². The topological polar surface area (TPSA) is 67.6 Å². The predicted molar refractivity (Wildman–Crippen MR) is 126 cm³/mol.